The standard InChI is InChI=1S/C12H22ClNO2/c1-11(2,8-13)10(15)14(3)9-12(16)6-4-5-7-12/h16H,4-9H2,1-3H3. The normalized spacial score (nSPS) is 19.8. The summed E-state index contributed by atoms with van der Waals surface area (Å²) in [7, 11) is 1.74. The molecule has 4 heteroatoms. The Labute approximate surface area is 103 Å². The highest BCUT2D eigenvalue weighted by atomic mass is 35.5. The zero-order valence-electron chi connectivity index (χ0n) is 10.4. The van der Waals surface area contributed by atoms with Gasteiger partial charge in [-0.3, -0.25) is 4.79 Å². The summed E-state index contributed by atoms with van der Waals surface area (Å²) in [5, 5.41) is 10.2. The molecule has 16 heavy (non-hydrogen) atoms. The van der Waals surface area contributed by atoms with Crippen LogP contribution in [0.5, 0.6) is 0 Å². The minimum atomic E-state index is -0.674. The van der Waals surface area contributed by atoms with Gasteiger partial charge in [0.05, 0.1) is 11.0 Å². The maximum Gasteiger partial charge on any atom is 0.229 e. The molecule has 0 aromatic carbocycles. The third kappa shape index (κ3) is 3.11. The average Bonchev–Trinajstić information content (AvgIpc) is 2.63. The van der Waals surface area contributed by atoms with Crippen molar-refractivity contribution in [3.05, 3.63) is 0 Å². The SMILES string of the molecule is CN(CC1(O)CCCC1)C(=O)C(C)(C)CCl. The number of likely N-dealkylation sites (N-methyl/N-ethyl adjacent to an activating group) is 1. The predicted molar refractivity (Wildman–Crippen MR) is 65.6 cm³/mol. The van der Waals surface area contributed by atoms with Crippen LogP contribution >= 0.6 is 11.6 Å². The van der Waals surface area contributed by atoms with E-state index in [4.69, 9.17) is 11.6 Å². The lowest BCUT2D eigenvalue weighted by Crippen LogP contribution is -2.47. The molecular formula is C12H22ClNO2. The number of halogens is 1. The van der Waals surface area contributed by atoms with Crippen molar-refractivity contribution in [3.8, 4) is 0 Å². The molecule has 0 spiro atoms. The third-order valence-corrected chi connectivity index (χ3v) is 3.99. The second-order valence-electron chi connectivity index (χ2n) is 5.61. The van der Waals surface area contributed by atoms with Crippen LogP contribution in [0.25, 0.3) is 0 Å². The van der Waals surface area contributed by atoms with Crippen LogP contribution in [0.3, 0.4) is 0 Å². The molecule has 0 aromatic heterocycles. The van der Waals surface area contributed by atoms with Crippen LogP contribution in [-0.2, 0) is 4.79 Å². The van der Waals surface area contributed by atoms with E-state index in [9.17, 15) is 9.90 Å². The summed E-state index contributed by atoms with van der Waals surface area (Å²) in [5.41, 5.74) is -1.22. The van der Waals surface area contributed by atoms with Crippen molar-refractivity contribution in [1.29, 1.82) is 0 Å². The molecule has 3 nitrogen and oxygen atoms in total. The summed E-state index contributed by atoms with van der Waals surface area (Å²) in [6.07, 6.45) is 3.70. The van der Waals surface area contributed by atoms with Crippen molar-refractivity contribution < 1.29 is 9.90 Å². The molecule has 1 aliphatic carbocycles. The Bertz CT molecular complexity index is 260. The molecule has 0 aromatic rings. The summed E-state index contributed by atoms with van der Waals surface area (Å²) in [6.45, 7) is 4.08. The predicted octanol–water partition coefficient (Wildman–Crippen LogP) is 2.01. The molecule has 0 atom stereocenters. The van der Waals surface area contributed by atoms with E-state index >= 15 is 0 Å². The highest BCUT2D eigenvalue weighted by molar-refractivity contribution is 6.19. The number of carbonyl (C=O) groups excluding carboxylic acids is 1. The molecule has 0 aliphatic heterocycles. The maximum absolute atomic E-state index is 12.1. The summed E-state index contributed by atoms with van der Waals surface area (Å²) in [4.78, 5) is 13.7. The summed E-state index contributed by atoms with van der Waals surface area (Å²) in [5.74, 6) is 0.303. The molecule has 94 valence electrons. The van der Waals surface area contributed by atoms with E-state index < -0.39 is 11.0 Å². The number of aliphatic hydroxyl groups is 1. The molecule has 1 N–H and O–H groups in total. The van der Waals surface area contributed by atoms with Crippen LogP contribution in [0.2, 0.25) is 0 Å². The summed E-state index contributed by atoms with van der Waals surface area (Å²) < 4.78 is 0. The van der Waals surface area contributed by atoms with Gasteiger partial charge in [0.2, 0.25) is 5.91 Å². The first-order valence-electron chi connectivity index (χ1n) is 5.85. The van der Waals surface area contributed by atoms with Crippen LogP contribution in [-0.4, -0.2) is 41.0 Å². The molecule has 1 aliphatic rings. The van der Waals surface area contributed by atoms with Crippen molar-refractivity contribution in [3.63, 3.8) is 0 Å². The van der Waals surface area contributed by atoms with E-state index in [2.05, 4.69) is 0 Å². The van der Waals surface area contributed by atoms with Gasteiger partial charge in [0, 0.05) is 19.5 Å². The smallest absolute Gasteiger partial charge is 0.229 e. The Hall–Kier alpha value is -0.280. The first kappa shape index (κ1) is 13.8. The van der Waals surface area contributed by atoms with Gasteiger partial charge in [0.25, 0.3) is 0 Å². The number of hydrogen-bond donors (Lipinski definition) is 1. The number of alkyl halides is 1. The molecule has 0 radical (unpaired) electrons. The quantitative estimate of drug-likeness (QED) is 0.773. The van der Waals surface area contributed by atoms with E-state index in [0.717, 1.165) is 25.7 Å². The van der Waals surface area contributed by atoms with Gasteiger partial charge in [-0.1, -0.05) is 12.8 Å². The topological polar surface area (TPSA) is 40.5 Å². The van der Waals surface area contributed by atoms with Crippen molar-refractivity contribution in [1.82, 2.24) is 4.90 Å². The van der Waals surface area contributed by atoms with Crippen molar-refractivity contribution in [2.75, 3.05) is 19.5 Å². The van der Waals surface area contributed by atoms with Gasteiger partial charge in [-0.15, -0.1) is 11.6 Å². The fourth-order valence-corrected chi connectivity index (χ4v) is 2.39. The Kier molecular flexibility index (Phi) is 4.24. The third-order valence-electron chi connectivity index (χ3n) is 3.33. The molecule has 1 saturated carbocycles. The largest absolute Gasteiger partial charge is 0.388 e. The van der Waals surface area contributed by atoms with Crippen LogP contribution in [0.4, 0.5) is 0 Å². The fourth-order valence-electron chi connectivity index (χ4n) is 2.28. The number of hydrogen-bond acceptors (Lipinski definition) is 2. The fraction of sp³-hybridized carbons (Fsp3) is 0.917. The van der Waals surface area contributed by atoms with E-state index in [1.54, 1.807) is 11.9 Å². The van der Waals surface area contributed by atoms with Gasteiger partial charge in [0.15, 0.2) is 0 Å². The zero-order valence-corrected chi connectivity index (χ0v) is 11.2. The molecule has 0 bridgehead atoms. The lowest BCUT2D eigenvalue weighted by atomic mass is 9.93. The molecule has 1 fully saturated rings. The first-order chi connectivity index (χ1) is 7.31. The summed E-state index contributed by atoms with van der Waals surface area (Å²) in [6, 6.07) is 0. The Morgan fingerprint density at radius 3 is 2.38 bits per heavy atom. The molecule has 0 unspecified atom stereocenters. The first-order valence-corrected chi connectivity index (χ1v) is 6.38. The van der Waals surface area contributed by atoms with Gasteiger partial charge >= 0.3 is 0 Å². The minimum Gasteiger partial charge on any atom is -0.388 e. The molecule has 1 amide bonds. The number of carbonyl (C=O) groups is 1. The van der Waals surface area contributed by atoms with Gasteiger partial charge in [0.1, 0.15) is 0 Å². The Morgan fingerprint density at radius 2 is 1.94 bits per heavy atom. The number of amides is 1. The second kappa shape index (κ2) is 4.92. The van der Waals surface area contributed by atoms with Crippen LogP contribution in [0.1, 0.15) is 39.5 Å². The highest BCUT2D eigenvalue weighted by Crippen LogP contribution is 2.31. The van der Waals surface area contributed by atoms with Crippen molar-refractivity contribution in [2.24, 2.45) is 5.41 Å². The van der Waals surface area contributed by atoms with Crippen molar-refractivity contribution in [2.45, 2.75) is 45.1 Å². The van der Waals surface area contributed by atoms with Gasteiger partial charge in [-0.25, -0.2) is 0 Å². The number of rotatable bonds is 4. The highest BCUT2D eigenvalue weighted by Gasteiger charge is 2.36. The monoisotopic (exact) mass is 247 g/mol. The maximum atomic E-state index is 12.1. The number of nitrogens with zero attached hydrogens (tertiary/aromatic N) is 1. The Balaban J connectivity index is 2.58. The average molecular weight is 248 g/mol. The van der Waals surface area contributed by atoms with Gasteiger partial charge in [-0.2, -0.15) is 0 Å². The van der Waals surface area contributed by atoms with Gasteiger partial charge in [-0.05, 0) is 26.7 Å². The molecular weight excluding hydrogens is 226 g/mol. The lowest BCUT2D eigenvalue weighted by Gasteiger charge is -2.33. The minimum absolute atomic E-state index is 0.00262. The Morgan fingerprint density at radius 1 is 1.44 bits per heavy atom. The van der Waals surface area contributed by atoms with Crippen molar-refractivity contribution >= 4 is 17.5 Å². The van der Waals surface area contributed by atoms with Crippen LogP contribution < -0.4 is 0 Å². The van der Waals surface area contributed by atoms with E-state index in [-0.39, 0.29) is 5.91 Å². The van der Waals surface area contributed by atoms with E-state index in [1.807, 2.05) is 13.8 Å². The van der Waals surface area contributed by atoms with Crippen LogP contribution in [0, 0.1) is 5.41 Å². The van der Waals surface area contributed by atoms with E-state index in [1.165, 1.54) is 0 Å². The lowest BCUT2D eigenvalue weighted by molar-refractivity contribution is -0.141. The van der Waals surface area contributed by atoms with E-state index in [0.29, 0.717) is 12.4 Å². The molecule has 1 rings (SSSR count). The van der Waals surface area contributed by atoms with Crippen LogP contribution in [0.15, 0.2) is 0 Å². The molecule has 0 saturated heterocycles. The molecule has 0 heterocycles. The second-order valence-corrected chi connectivity index (χ2v) is 5.88. The summed E-state index contributed by atoms with van der Waals surface area (Å²) >= 11 is 5.77. The zero-order chi connectivity index (χ0) is 12.4. The van der Waals surface area contributed by atoms with Gasteiger partial charge < -0.3 is 10.0 Å².